The maximum Gasteiger partial charge on any atom is 0.328 e. The Labute approximate surface area is 154 Å². The van der Waals surface area contributed by atoms with Crippen molar-refractivity contribution in [1.29, 1.82) is 0 Å². The van der Waals surface area contributed by atoms with Gasteiger partial charge in [-0.1, -0.05) is 32.0 Å². The molecule has 2 atom stereocenters. The Morgan fingerprint density at radius 1 is 1.31 bits per heavy atom. The van der Waals surface area contributed by atoms with E-state index >= 15 is 0 Å². The minimum absolute atomic E-state index is 0.00891. The quantitative estimate of drug-likeness (QED) is 0.555. The first-order chi connectivity index (χ1) is 12.4. The van der Waals surface area contributed by atoms with Gasteiger partial charge >= 0.3 is 5.97 Å². The van der Waals surface area contributed by atoms with Gasteiger partial charge in [0, 0.05) is 5.56 Å². The van der Waals surface area contributed by atoms with Crippen molar-refractivity contribution >= 4 is 23.6 Å². The number of nitrogens with zero attached hydrogens (tertiary/aromatic N) is 2. The van der Waals surface area contributed by atoms with E-state index in [1.165, 1.54) is 31.4 Å². The summed E-state index contributed by atoms with van der Waals surface area (Å²) in [6.07, 6.45) is 0.720. The zero-order chi connectivity index (χ0) is 19.1. The van der Waals surface area contributed by atoms with Crippen molar-refractivity contribution < 1.29 is 23.1 Å². The molecule has 0 spiro atoms. The lowest BCUT2D eigenvalue weighted by molar-refractivity contribution is -0.146. The Morgan fingerprint density at radius 2 is 2.00 bits per heavy atom. The first-order valence-corrected chi connectivity index (χ1v) is 9.02. The van der Waals surface area contributed by atoms with Gasteiger partial charge in [-0.3, -0.25) is 4.79 Å². The van der Waals surface area contributed by atoms with Gasteiger partial charge in [0.15, 0.2) is 0 Å². The first-order valence-electron chi connectivity index (χ1n) is 8.04. The second-order valence-corrected chi connectivity index (χ2v) is 6.55. The number of amides is 1. The summed E-state index contributed by atoms with van der Waals surface area (Å²) in [5.41, 5.74) is 0.581. The number of benzene rings is 1. The third-order valence-corrected chi connectivity index (χ3v) is 4.63. The minimum Gasteiger partial charge on any atom is -0.467 e. The number of aromatic nitrogens is 2. The highest BCUT2D eigenvalue weighted by molar-refractivity contribution is 7.99. The van der Waals surface area contributed by atoms with Gasteiger partial charge in [0.05, 0.1) is 12.9 Å². The summed E-state index contributed by atoms with van der Waals surface area (Å²) in [6, 6.07) is 4.94. The van der Waals surface area contributed by atoms with Crippen LogP contribution in [0.3, 0.4) is 0 Å². The van der Waals surface area contributed by atoms with E-state index in [-0.39, 0.29) is 34.5 Å². The molecule has 1 aromatic heterocycles. The topological polar surface area (TPSA) is 94.3 Å². The van der Waals surface area contributed by atoms with E-state index in [0.29, 0.717) is 5.56 Å². The van der Waals surface area contributed by atoms with Crippen LogP contribution in [0.4, 0.5) is 4.39 Å². The second-order valence-electron chi connectivity index (χ2n) is 5.62. The number of methoxy groups -OCH3 is 1. The number of esters is 1. The van der Waals surface area contributed by atoms with E-state index in [0.717, 1.165) is 18.2 Å². The van der Waals surface area contributed by atoms with E-state index in [9.17, 15) is 14.0 Å². The molecule has 1 N–H and O–H groups in total. The highest BCUT2D eigenvalue weighted by Crippen LogP contribution is 2.23. The highest BCUT2D eigenvalue weighted by atomic mass is 32.2. The van der Waals surface area contributed by atoms with Crippen LogP contribution >= 0.6 is 11.8 Å². The first kappa shape index (κ1) is 19.9. The van der Waals surface area contributed by atoms with Gasteiger partial charge in [0.25, 0.3) is 5.22 Å². The van der Waals surface area contributed by atoms with Crippen LogP contribution in [-0.2, 0) is 14.3 Å². The Morgan fingerprint density at radius 3 is 2.62 bits per heavy atom. The Balaban J connectivity index is 1.92. The van der Waals surface area contributed by atoms with E-state index in [1.54, 1.807) is 0 Å². The molecule has 0 radical (unpaired) electrons. The summed E-state index contributed by atoms with van der Waals surface area (Å²) < 4.78 is 23.1. The number of ether oxygens (including phenoxy) is 1. The monoisotopic (exact) mass is 381 g/mol. The van der Waals surface area contributed by atoms with E-state index in [1.807, 2.05) is 13.8 Å². The number of rotatable bonds is 8. The maximum atomic E-state index is 12.9. The van der Waals surface area contributed by atoms with Crippen molar-refractivity contribution in [3.63, 3.8) is 0 Å². The summed E-state index contributed by atoms with van der Waals surface area (Å²) in [4.78, 5) is 23.9. The van der Waals surface area contributed by atoms with Crippen molar-refractivity contribution in [2.75, 3.05) is 12.9 Å². The molecule has 1 aromatic carbocycles. The van der Waals surface area contributed by atoms with E-state index in [4.69, 9.17) is 9.15 Å². The molecule has 26 heavy (non-hydrogen) atoms. The number of nitrogens with one attached hydrogen (secondary N) is 1. The number of hydrogen-bond acceptors (Lipinski definition) is 7. The number of thioether (sulfide) groups is 1. The molecule has 0 aliphatic heterocycles. The van der Waals surface area contributed by atoms with Crippen LogP contribution < -0.4 is 5.32 Å². The molecule has 2 unspecified atom stereocenters. The van der Waals surface area contributed by atoms with Gasteiger partial charge in [-0.05, 0) is 30.2 Å². The Hall–Kier alpha value is -2.42. The second kappa shape index (κ2) is 9.33. The molecule has 2 rings (SSSR count). The lowest BCUT2D eigenvalue weighted by Crippen LogP contribution is -2.46. The zero-order valence-corrected chi connectivity index (χ0v) is 15.5. The number of halogens is 1. The lowest BCUT2D eigenvalue weighted by atomic mass is 9.99. The molecule has 140 valence electrons. The van der Waals surface area contributed by atoms with Gasteiger partial charge in [0.1, 0.15) is 11.9 Å². The SMILES string of the molecule is CCC(C)C(NC(=O)CSc1nnc(-c2ccc(F)cc2)o1)C(=O)OC. The molecule has 9 heteroatoms. The predicted octanol–water partition coefficient (Wildman–Crippen LogP) is 2.67. The fourth-order valence-corrected chi connectivity index (χ4v) is 2.69. The molecular formula is C17H20FN3O4S. The molecule has 7 nitrogen and oxygen atoms in total. The maximum absolute atomic E-state index is 12.9. The number of carbonyl (C=O) groups is 2. The Bertz CT molecular complexity index is 751. The average molecular weight is 381 g/mol. The van der Waals surface area contributed by atoms with Crippen LogP contribution in [0.1, 0.15) is 20.3 Å². The van der Waals surface area contributed by atoms with Crippen LogP contribution in [0.25, 0.3) is 11.5 Å². The van der Waals surface area contributed by atoms with Crippen LogP contribution in [0.2, 0.25) is 0 Å². The fraction of sp³-hybridized carbons (Fsp3) is 0.412. The minimum atomic E-state index is -0.699. The molecule has 0 aliphatic rings. The molecule has 0 bridgehead atoms. The van der Waals surface area contributed by atoms with Crippen LogP contribution in [0.15, 0.2) is 33.9 Å². The van der Waals surface area contributed by atoms with Gasteiger partial charge in [0.2, 0.25) is 11.8 Å². The lowest BCUT2D eigenvalue weighted by Gasteiger charge is -2.21. The van der Waals surface area contributed by atoms with Crippen LogP contribution in [-0.4, -0.2) is 41.0 Å². The van der Waals surface area contributed by atoms with Crippen molar-refractivity contribution in [2.24, 2.45) is 5.92 Å². The zero-order valence-electron chi connectivity index (χ0n) is 14.7. The summed E-state index contributed by atoms with van der Waals surface area (Å²) >= 11 is 1.05. The van der Waals surface area contributed by atoms with Gasteiger partial charge in [-0.2, -0.15) is 0 Å². The van der Waals surface area contributed by atoms with Crippen molar-refractivity contribution in [1.82, 2.24) is 15.5 Å². The van der Waals surface area contributed by atoms with Crippen LogP contribution in [0, 0.1) is 11.7 Å². The highest BCUT2D eigenvalue weighted by Gasteiger charge is 2.26. The number of hydrogen-bond donors (Lipinski definition) is 1. The van der Waals surface area contributed by atoms with Crippen molar-refractivity contribution in [3.05, 3.63) is 30.1 Å². The van der Waals surface area contributed by atoms with E-state index < -0.39 is 12.0 Å². The van der Waals surface area contributed by atoms with Gasteiger partial charge in [-0.25, -0.2) is 9.18 Å². The van der Waals surface area contributed by atoms with Crippen molar-refractivity contribution in [3.8, 4) is 11.5 Å². The Kier molecular flexibility index (Phi) is 7.14. The summed E-state index contributed by atoms with van der Waals surface area (Å²) in [5, 5.41) is 10.6. The molecule has 0 aliphatic carbocycles. The standard InChI is InChI=1S/C17H20FN3O4S/c1-4-10(2)14(16(23)24-3)19-13(22)9-26-17-21-20-15(25-17)11-5-7-12(18)8-6-11/h5-8,10,14H,4,9H2,1-3H3,(H,19,22). The van der Waals surface area contributed by atoms with Crippen molar-refractivity contribution in [2.45, 2.75) is 31.5 Å². The van der Waals surface area contributed by atoms with Crippen LogP contribution in [0.5, 0.6) is 0 Å². The predicted molar refractivity (Wildman–Crippen MR) is 93.8 cm³/mol. The summed E-state index contributed by atoms with van der Waals surface area (Å²) in [7, 11) is 1.29. The third-order valence-electron chi connectivity index (χ3n) is 3.81. The average Bonchev–Trinajstić information content (AvgIpc) is 3.12. The molecule has 0 fully saturated rings. The molecule has 2 aromatic rings. The molecule has 0 saturated heterocycles. The smallest absolute Gasteiger partial charge is 0.328 e. The molecule has 1 amide bonds. The van der Waals surface area contributed by atoms with E-state index in [2.05, 4.69) is 15.5 Å². The summed E-state index contributed by atoms with van der Waals surface area (Å²) in [5.74, 6) is -0.984. The molecule has 0 saturated carbocycles. The normalized spacial score (nSPS) is 13.1. The number of carbonyl (C=O) groups excluding carboxylic acids is 2. The largest absolute Gasteiger partial charge is 0.467 e. The summed E-state index contributed by atoms with van der Waals surface area (Å²) in [6.45, 7) is 3.79. The van der Waals surface area contributed by atoms with Gasteiger partial charge in [-0.15, -0.1) is 10.2 Å². The fourth-order valence-electron chi connectivity index (χ4n) is 2.12. The van der Waals surface area contributed by atoms with Gasteiger partial charge < -0.3 is 14.5 Å². The molecule has 1 heterocycles. The molecular weight excluding hydrogens is 361 g/mol. The third kappa shape index (κ3) is 5.29.